The van der Waals surface area contributed by atoms with E-state index in [1.54, 1.807) is 0 Å². The van der Waals surface area contributed by atoms with Gasteiger partial charge in [-0.05, 0) is 42.3 Å². The molecule has 2 fully saturated rings. The number of carbonyl (C=O) groups excluding carboxylic acids is 2. The standard InChI is InChI=1S/C26H24F9N3O4S/c1-16(39)36-10-12-37(13-11-36)22(40)38-9-8-23(15-38,43(41,42)19-5-3-18(27)4-6-19)17-2-7-20(21(28)14-17)24(29,25(30,31)32)26(33,34)35/h2-7,14H,8-13,15H2,1H3/t23-/m0/s1. The molecular formula is C26H24F9N3O4S. The van der Waals surface area contributed by atoms with Gasteiger partial charge in [0.1, 0.15) is 16.4 Å². The zero-order chi connectivity index (χ0) is 32.2. The van der Waals surface area contributed by atoms with E-state index in [1.807, 2.05) is 0 Å². The highest BCUT2D eigenvalue weighted by atomic mass is 32.2. The number of benzene rings is 2. The summed E-state index contributed by atoms with van der Waals surface area (Å²) in [5, 5.41) is 0. The first-order chi connectivity index (χ1) is 19.8. The minimum absolute atomic E-state index is 0.0851. The fourth-order valence-electron chi connectivity index (χ4n) is 5.35. The number of urea groups is 1. The third-order valence-corrected chi connectivity index (χ3v) is 10.3. The minimum Gasteiger partial charge on any atom is -0.339 e. The summed E-state index contributed by atoms with van der Waals surface area (Å²) in [4.78, 5) is 28.3. The number of halogens is 9. The van der Waals surface area contributed by atoms with Gasteiger partial charge in [0.15, 0.2) is 9.84 Å². The number of amides is 3. The molecule has 1 atom stereocenters. The first-order valence-electron chi connectivity index (χ1n) is 12.7. The molecule has 2 aliphatic heterocycles. The largest absolute Gasteiger partial charge is 0.436 e. The lowest BCUT2D eigenvalue weighted by Crippen LogP contribution is -2.54. The second kappa shape index (κ2) is 10.9. The van der Waals surface area contributed by atoms with E-state index in [2.05, 4.69) is 0 Å². The molecule has 7 nitrogen and oxygen atoms in total. The van der Waals surface area contributed by atoms with Crippen LogP contribution in [0.4, 0.5) is 44.3 Å². The summed E-state index contributed by atoms with van der Waals surface area (Å²) in [7, 11) is -4.75. The number of likely N-dealkylation sites (tertiary alicyclic amines) is 1. The van der Waals surface area contributed by atoms with Gasteiger partial charge in [0.25, 0.3) is 0 Å². The van der Waals surface area contributed by atoms with Crippen LogP contribution in [0.1, 0.15) is 24.5 Å². The van der Waals surface area contributed by atoms with Gasteiger partial charge in [-0.3, -0.25) is 4.79 Å². The maximum absolute atomic E-state index is 15.1. The van der Waals surface area contributed by atoms with Crippen molar-refractivity contribution in [2.45, 2.75) is 41.0 Å². The Kier molecular flexibility index (Phi) is 8.21. The number of piperazine rings is 1. The van der Waals surface area contributed by atoms with Crippen molar-refractivity contribution in [1.29, 1.82) is 0 Å². The Morgan fingerprint density at radius 1 is 0.767 bits per heavy atom. The van der Waals surface area contributed by atoms with Crippen LogP contribution in [0.15, 0.2) is 47.4 Å². The Morgan fingerprint density at radius 2 is 1.30 bits per heavy atom. The van der Waals surface area contributed by atoms with Gasteiger partial charge in [0.05, 0.1) is 4.90 Å². The van der Waals surface area contributed by atoms with E-state index in [0.29, 0.717) is 6.07 Å². The summed E-state index contributed by atoms with van der Waals surface area (Å²) in [5.41, 5.74) is -9.16. The van der Waals surface area contributed by atoms with Crippen LogP contribution in [-0.4, -0.2) is 86.7 Å². The van der Waals surface area contributed by atoms with E-state index in [4.69, 9.17) is 0 Å². The summed E-state index contributed by atoms with van der Waals surface area (Å²) in [6.07, 6.45) is -13.7. The van der Waals surface area contributed by atoms with Crippen molar-refractivity contribution in [2.75, 3.05) is 39.3 Å². The highest BCUT2D eigenvalue weighted by molar-refractivity contribution is 7.92. The SMILES string of the molecule is CC(=O)N1CCN(C(=O)N2CC[C@](c3ccc(C(F)(C(F)(F)F)C(F)(F)F)c(F)c3)(S(=O)(=O)c3ccc(F)cc3)C2)CC1. The van der Waals surface area contributed by atoms with Gasteiger partial charge < -0.3 is 14.7 Å². The number of sulfone groups is 1. The summed E-state index contributed by atoms with van der Waals surface area (Å²) in [5.74, 6) is -3.36. The highest BCUT2D eigenvalue weighted by Gasteiger charge is 2.74. The Morgan fingerprint density at radius 3 is 1.79 bits per heavy atom. The van der Waals surface area contributed by atoms with Gasteiger partial charge in [-0.2, -0.15) is 26.3 Å². The van der Waals surface area contributed by atoms with Crippen molar-refractivity contribution in [3.63, 3.8) is 0 Å². The predicted octanol–water partition coefficient (Wildman–Crippen LogP) is 4.91. The topological polar surface area (TPSA) is 78.0 Å². The van der Waals surface area contributed by atoms with Crippen molar-refractivity contribution < 1.29 is 57.5 Å². The normalized spacial score (nSPS) is 20.5. The lowest BCUT2D eigenvalue weighted by molar-refractivity contribution is -0.349. The Hall–Kier alpha value is -3.50. The van der Waals surface area contributed by atoms with Crippen molar-refractivity contribution in [1.82, 2.24) is 14.7 Å². The van der Waals surface area contributed by atoms with Gasteiger partial charge in [0, 0.05) is 51.8 Å². The molecule has 0 aromatic heterocycles. The fraction of sp³-hybridized carbons (Fsp3) is 0.462. The Labute approximate surface area is 239 Å². The van der Waals surface area contributed by atoms with Crippen LogP contribution in [0.2, 0.25) is 0 Å². The van der Waals surface area contributed by atoms with Gasteiger partial charge >= 0.3 is 24.1 Å². The van der Waals surface area contributed by atoms with Crippen LogP contribution in [-0.2, 0) is 25.0 Å². The van der Waals surface area contributed by atoms with E-state index >= 15 is 4.39 Å². The number of nitrogens with zero attached hydrogens (tertiary/aromatic N) is 3. The molecule has 0 radical (unpaired) electrons. The van der Waals surface area contributed by atoms with E-state index in [9.17, 15) is 53.1 Å². The van der Waals surface area contributed by atoms with Gasteiger partial charge in [-0.15, -0.1) is 0 Å². The molecule has 3 amide bonds. The second-order valence-electron chi connectivity index (χ2n) is 10.2. The van der Waals surface area contributed by atoms with Crippen LogP contribution in [0.25, 0.3) is 0 Å². The number of carbonyl (C=O) groups is 2. The first kappa shape index (κ1) is 32.4. The number of hydrogen-bond acceptors (Lipinski definition) is 4. The van der Waals surface area contributed by atoms with E-state index in [-0.39, 0.29) is 50.8 Å². The molecule has 2 saturated heterocycles. The third-order valence-electron chi connectivity index (χ3n) is 7.78. The van der Waals surface area contributed by atoms with Crippen LogP contribution < -0.4 is 0 Å². The van der Waals surface area contributed by atoms with E-state index in [1.165, 1.54) is 16.7 Å². The number of alkyl halides is 7. The highest BCUT2D eigenvalue weighted by Crippen LogP contribution is 2.54. The summed E-state index contributed by atoms with van der Waals surface area (Å²) in [6, 6.07) is 3.06. The van der Waals surface area contributed by atoms with Gasteiger partial charge in [-0.25, -0.2) is 26.4 Å². The van der Waals surface area contributed by atoms with Crippen LogP contribution >= 0.6 is 0 Å². The fourth-order valence-corrected chi connectivity index (χ4v) is 7.42. The maximum Gasteiger partial charge on any atom is 0.436 e. The van der Waals surface area contributed by atoms with Crippen molar-refractivity contribution >= 4 is 21.8 Å². The molecular weight excluding hydrogens is 621 g/mol. The second-order valence-corrected chi connectivity index (χ2v) is 12.5. The van der Waals surface area contributed by atoms with Crippen molar-refractivity contribution in [3.05, 3.63) is 65.2 Å². The first-order valence-corrected chi connectivity index (χ1v) is 14.2. The Bertz CT molecular complexity index is 1490. The monoisotopic (exact) mass is 645 g/mol. The number of hydrogen-bond donors (Lipinski definition) is 0. The lowest BCUT2D eigenvalue weighted by atomic mass is 9.89. The quantitative estimate of drug-likeness (QED) is 0.350. The molecule has 0 saturated carbocycles. The predicted molar refractivity (Wildman–Crippen MR) is 132 cm³/mol. The van der Waals surface area contributed by atoms with Crippen molar-refractivity contribution in [2.24, 2.45) is 0 Å². The van der Waals surface area contributed by atoms with Crippen LogP contribution in [0.3, 0.4) is 0 Å². The molecule has 43 heavy (non-hydrogen) atoms. The average Bonchev–Trinajstić information content (AvgIpc) is 3.39. The molecule has 2 aromatic rings. The zero-order valence-corrected chi connectivity index (χ0v) is 23.1. The molecule has 0 aliphatic carbocycles. The van der Waals surface area contributed by atoms with E-state index in [0.717, 1.165) is 29.2 Å². The molecule has 4 rings (SSSR count). The molecule has 236 valence electrons. The lowest BCUT2D eigenvalue weighted by Gasteiger charge is -2.37. The zero-order valence-electron chi connectivity index (χ0n) is 22.3. The smallest absolute Gasteiger partial charge is 0.339 e. The summed E-state index contributed by atoms with van der Waals surface area (Å²) < 4.78 is 149. The molecule has 0 bridgehead atoms. The third kappa shape index (κ3) is 5.40. The molecule has 2 aromatic carbocycles. The van der Waals surface area contributed by atoms with Crippen LogP contribution in [0.5, 0.6) is 0 Å². The molecule has 0 spiro atoms. The molecule has 2 aliphatic rings. The molecule has 17 heteroatoms. The van der Waals surface area contributed by atoms with E-state index < -0.39 is 79.3 Å². The molecule has 0 unspecified atom stereocenters. The Balaban J connectivity index is 1.79. The van der Waals surface area contributed by atoms with Crippen molar-refractivity contribution in [3.8, 4) is 0 Å². The molecule has 2 heterocycles. The average molecular weight is 646 g/mol. The van der Waals surface area contributed by atoms with Gasteiger partial charge in [0.2, 0.25) is 5.91 Å². The summed E-state index contributed by atoms with van der Waals surface area (Å²) in [6.45, 7) is 0.887. The molecule has 0 N–H and O–H groups in total. The minimum atomic E-state index is -6.62. The van der Waals surface area contributed by atoms with Crippen LogP contribution in [0, 0.1) is 11.6 Å². The number of rotatable bonds is 4. The maximum atomic E-state index is 15.1. The summed E-state index contributed by atoms with van der Waals surface area (Å²) >= 11 is 0. The van der Waals surface area contributed by atoms with Gasteiger partial charge in [-0.1, -0.05) is 12.1 Å².